The number of imidazole rings is 1. The highest BCUT2D eigenvalue weighted by Crippen LogP contribution is 2.38. The van der Waals surface area contributed by atoms with Crippen LogP contribution in [-0.4, -0.2) is 48.3 Å². The van der Waals surface area contributed by atoms with Gasteiger partial charge in [-0.25, -0.2) is 9.97 Å². The summed E-state index contributed by atoms with van der Waals surface area (Å²) in [7, 11) is 4.69. The highest BCUT2D eigenvalue weighted by Gasteiger charge is 2.19. The Hall–Kier alpha value is -3.85. The predicted octanol–water partition coefficient (Wildman–Crippen LogP) is 5.22. The monoisotopic (exact) mass is 506 g/mol. The number of carbonyl (C=O) groups excluding carboxylic acids is 1. The van der Waals surface area contributed by atoms with Crippen LogP contribution in [0.1, 0.15) is 24.5 Å². The predicted molar refractivity (Wildman–Crippen MR) is 143 cm³/mol. The third kappa shape index (κ3) is 5.52. The zero-order chi connectivity index (χ0) is 25.5. The number of amides is 1. The molecule has 0 radical (unpaired) electrons. The number of methoxy groups -OCH3 is 3. The molecule has 0 aliphatic rings. The number of hydrogen-bond donors (Lipinski definition) is 0. The van der Waals surface area contributed by atoms with E-state index in [0.717, 1.165) is 35.2 Å². The Morgan fingerprint density at radius 3 is 2.56 bits per heavy atom. The molecule has 1 amide bonds. The fourth-order valence-corrected chi connectivity index (χ4v) is 5.03. The lowest BCUT2D eigenvalue weighted by molar-refractivity contribution is -0.114. The van der Waals surface area contributed by atoms with E-state index in [1.165, 1.54) is 16.9 Å². The fraction of sp³-hybridized carbons (Fsp3) is 0.296. The molecule has 0 unspecified atom stereocenters. The van der Waals surface area contributed by atoms with E-state index < -0.39 is 0 Å². The number of nitrogens with zero attached hydrogens (tertiary/aromatic N) is 4. The molecule has 0 spiro atoms. The molecule has 0 bridgehead atoms. The van der Waals surface area contributed by atoms with Gasteiger partial charge in [-0.2, -0.15) is 0 Å². The number of aromatic nitrogens is 3. The first kappa shape index (κ1) is 25.2. The fourth-order valence-electron chi connectivity index (χ4n) is 3.98. The van der Waals surface area contributed by atoms with E-state index in [1.54, 1.807) is 63.0 Å². The van der Waals surface area contributed by atoms with Crippen molar-refractivity contribution >= 4 is 38.7 Å². The molecule has 8 nitrogen and oxygen atoms in total. The third-order valence-electron chi connectivity index (χ3n) is 5.83. The van der Waals surface area contributed by atoms with Crippen LogP contribution < -0.4 is 19.1 Å². The van der Waals surface area contributed by atoms with Crippen molar-refractivity contribution in [2.45, 2.75) is 26.3 Å². The molecule has 4 aromatic rings. The Balaban J connectivity index is 1.62. The van der Waals surface area contributed by atoms with E-state index in [1.807, 2.05) is 16.8 Å². The molecule has 0 fully saturated rings. The van der Waals surface area contributed by atoms with E-state index in [-0.39, 0.29) is 5.91 Å². The van der Waals surface area contributed by atoms with Crippen molar-refractivity contribution < 1.29 is 19.0 Å². The zero-order valence-corrected chi connectivity index (χ0v) is 21.7. The number of ether oxygens (including phenoxy) is 3. The Kier molecular flexibility index (Phi) is 8.22. The molecule has 0 saturated heterocycles. The normalized spacial score (nSPS) is 11.2. The topological polar surface area (TPSA) is 78.7 Å². The first-order valence-corrected chi connectivity index (χ1v) is 12.5. The maximum absolute atomic E-state index is 13.5. The van der Waals surface area contributed by atoms with Crippen molar-refractivity contribution in [1.29, 1.82) is 0 Å². The number of thiazole rings is 1. The molecular weight excluding hydrogens is 476 g/mol. The molecule has 0 atom stereocenters. The van der Waals surface area contributed by atoms with Crippen LogP contribution in [0.4, 0.5) is 5.13 Å². The smallest absolute Gasteiger partial charge is 0.252 e. The number of benzene rings is 2. The molecule has 0 N–H and O–H groups in total. The Labute approximate surface area is 214 Å². The largest absolute Gasteiger partial charge is 0.493 e. The lowest BCUT2D eigenvalue weighted by atomic mass is 10.1. The quantitative estimate of drug-likeness (QED) is 0.260. The third-order valence-corrected chi connectivity index (χ3v) is 6.88. The van der Waals surface area contributed by atoms with E-state index in [4.69, 9.17) is 19.2 Å². The van der Waals surface area contributed by atoms with Crippen LogP contribution in [0.2, 0.25) is 0 Å². The zero-order valence-electron chi connectivity index (χ0n) is 20.9. The van der Waals surface area contributed by atoms with Gasteiger partial charge in [-0.3, -0.25) is 9.69 Å². The molecule has 36 heavy (non-hydrogen) atoms. The number of anilines is 1. The number of para-hydroxylation sites is 1. The molecule has 0 aliphatic heterocycles. The van der Waals surface area contributed by atoms with Gasteiger partial charge in [0, 0.05) is 31.6 Å². The summed E-state index contributed by atoms with van der Waals surface area (Å²) in [6, 6.07) is 9.79. The van der Waals surface area contributed by atoms with Crippen LogP contribution in [0.25, 0.3) is 16.3 Å². The van der Waals surface area contributed by atoms with Crippen LogP contribution in [0.3, 0.4) is 0 Å². The van der Waals surface area contributed by atoms with Gasteiger partial charge in [-0.15, -0.1) is 0 Å². The van der Waals surface area contributed by atoms with Crippen LogP contribution >= 0.6 is 11.3 Å². The summed E-state index contributed by atoms with van der Waals surface area (Å²) in [6.45, 7) is 3.39. The lowest BCUT2D eigenvalue weighted by Crippen LogP contribution is -2.30. The second kappa shape index (κ2) is 11.7. The van der Waals surface area contributed by atoms with Gasteiger partial charge in [-0.05, 0) is 48.2 Å². The number of hydrogen-bond acceptors (Lipinski definition) is 7. The lowest BCUT2D eigenvalue weighted by Gasteiger charge is -2.18. The molecule has 0 aliphatic carbocycles. The standard InChI is InChI=1S/C27H30N4O4S/c1-5-20-8-6-9-23-25(20)29-27(36-23)31(14-7-13-30-15-12-28-18-30)24(32)11-10-19-16-21(33-2)26(35-4)22(17-19)34-3/h6,8-12,15-18H,5,7,13-14H2,1-4H3/b11-10+. The minimum atomic E-state index is -0.147. The summed E-state index contributed by atoms with van der Waals surface area (Å²) in [4.78, 5) is 24.2. The Morgan fingerprint density at radius 1 is 1.14 bits per heavy atom. The highest BCUT2D eigenvalue weighted by atomic mass is 32.1. The van der Waals surface area contributed by atoms with Gasteiger partial charge in [0.2, 0.25) is 5.75 Å². The molecule has 2 aromatic carbocycles. The van der Waals surface area contributed by atoms with Gasteiger partial charge in [0.1, 0.15) is 0 Å². The molecular formula is C27H30N4O4S. The first-order valence-electron chi connectivity index (χ1n) is 11.7. The summed E-state index contributed by atoms with van der Waals surface area (Å²) < 4.78 is 19.3. The van der Waals surface area contributed by atoms with E-state index in [2.05, 4.69) is 24.0 Å². The van der Waals surface area contributed by atoms with E-state index in [9.17, 15) is 4.79 Å². The Morgan fingerprint density at radius 2 is 1.92 bits per heavy atom. The minimum absolute atomic E-state index is 0.147. The van der Waals surface area contributed by atoms with E-state index in [0.29, 0.717) is 28.9 Å². The van der Waals surface area contributed by atoms with Crippen LogP contribution in [-0.2, 0) is 17.8 Å². The second-order valence-corrected chi connectivity index (χ2v) is 9.06. The average molecular weight is 507 g/mol. The summed E-state index contributed by atoms with van der Waals surface area (Å²) >= 11 is 1.53. The van der Waals surface area contributed by atoms with Gasteiger partial charge in [0.25, 0.3) is 5.91 Å². The Bertz CT molecular complexity index is 1320. The summed E-state index contributed by atoms with van der Waals surface area (Å²) in [5.41, 5.74) is 2.89. The van der Waals surface area contributed by atoms with Gasteiger partial charge >= 0.3 is 0 Å². The molecule has 9 heteroatoms. The highest BCUT2D eigenvalue weighted by molar-refractivity contribution is 7.22. The first-order chi connectivity index (χ1) is 17.6. The minimum Gasteiger partial charge on any atom is -0.493 e. The van der Waals surface area contributed by atoms with Crippen molar-refractivity contribution in [2.24, 2.45) is 0 Å². The molecule has 2 aromatic heterocycles. The summed E-state index contributed by atoms with van der Waals surface area (Å²) in [6.07, 6.45) is 10.4. The molecule has 4 rings (SSSR count). The van der Waals surface area contributed by atoms with Crippen LogP contribution in [0, 0.1) is 0 Å². The summed E-state index contributed by atoms with van der Waals surface area (Å²) in [5, 5.41) is 0.691. The van der Waals surface area contributed by atoms with Gasteiger partial charge in [0.05, 0.1) is 37.9 Å². The van der Waals surface area contributed by atoms with Gasteiger partial charge in [0.15, 0.2) is 16.6 Å². The van der Waals surface area contributed by atoms with Crippen molar-refractivity contribution in [2.75, 3.05) is 32.8 Å². The number of carbonyl (C=O) groups is 1. The van der Waals surface area contributed by atoms with Crippen LogP contribution in [0.15, 0.2) is 55.1 Å². The van der Waals surface area contributed by atoms with Crippen molar-refractivity contribution in [3.63, 3.8) is 0 Å². The van der Waals surface area contributed by atoms with Crippen molar-refractivity contribution in [1.82, 2.24) is 14.5 Å². The molecule has 0 saturated carbocycles. The van der Waals surface area contributed by atoms with Crippen molar-refractivity contribution in [3.05, 3.63) is 66.3 Å². The number of aryl methyl sites for hydroxylation is 2. The number of fused-ring (bicyclic) bond motifs is 1. The van der Waals surface area contributed by atoms with Gasteiger partial charge in [-0.1, -0.05) is 30.4 Å². The molecule has 2 heterocycles. The maximum atomic E-state index is 13.5. The second-order valence-electron chi connectivity index (χ2n) is 8.05. The molecule has 188 valence electrons. The van der Waals surface area contributed by atoms with Gasteiger partial charge < -0.3 is 18.8 Å². The average Bonchev–Trinajstić information content (AvgIpc) is 3.58. The maximum Gasteiger partial charge on any atom is 0.252 e. The van der Waals surface area contributed by atoms with Crippen LogP contribution in [0.5, 0.6) is 17.2 Å². The summed E-state index contributed by atoms with van der Waals surface area (Å²) in [5.74, 6) is 1.41. The number of rotatable bonds is 11. The van der Waals surface area contributed by atoms with Crippen molar-refractivity contribution in [3.8, 4) is 17.2 Å². The SMILES string of the molecule is CCc1cccc2sc(N(CCCn3ccnc3)C(=O)/C=C/c3cc(OC)c(OC)c(OC)c3)nc12. The van der Waals surface area contributed by atoms with E-state index >= 15 is 0 Å².